The Hall–Kier alpha value is -3.44. The highest BCUT2D eigenvalue weighted by Crippen LogP contribution is 2.28. The third kappa shape index (κ3) is 7.00. The van der Waals surface area contributed by atoms with Gasteiger partial charge in [0.1, 0.15) is 24.0 Å². The van der Waals surface area contributed by atoms with Crippen molar-refractivity contribution in [2.45, 2.75) is 43.5 Å². The van der Waals surface area contributed by atoms with Crippen LogP contribution in [-0.2, 0) is 23.8 Å². The molecule has 3 aromatic carbocycles. The number of rotatable bonds is 11. The highest BCUT2D eigenvalue weighted by atomic mass is 32.2. The summed E-state index contributed by atoms with van der Waals surface area (Å²) >= 11 is 0. The number of fused-ring (bicyclic) bond motifs is 1. The molecule has 0 N–H and O–H groups in total. The summed E-state index contributed by atoms with van der Waals surface area (Å²) < 4.78 is 54.6. The van der Waals surface area contributed by atoms with E-state index in [-0.39, 0.29) is 18.1 Å². The van der Waals surface area contributed by atoms with Crippen LogP contribution in [0.2, 0.25) is 0 Å². The monoisotopic (exact) mass is 566 g/mol. The average Bonchev–Trinajstić information content (AvgIpc) is 3.39. The molecule has 1 aliphatic rings. The van der Waals surface area contributed by atoms with Gasteiger partial charge in [0, 0.05) is 38.0 Å². The van der Waals surface area contributed by atoms with E-state index in [9.17, 15) is 8.42 Å². The highest BCUT2D eigenvalue weighted by molar-refractivity contribution is 7.86. The zero-order valence-electron chi connectivity index (χ0n) is 22.9. The number of anilines is 1. The van der Waals surface area contributed by atoms with E-state index in [1.54, 1.807) is 30.3 Å². The van der Waals surface area contributed by atoms with Crippen molar-refractivity contribution in [2.24, 2.45) is 0 Å². The maximum atomic E-state index is 12.8. The van der Waals surface area contributed by atoms with Gasteiger partial charge in [-0.25, -0.2) is 4.98 Å². The Balaban J connectivity index is 1.27. The lowest BCUT2D eigenvalue weighted by molar-refractivity contribution is -0.198. The van der Waals surface area contributed by atoms with Crippen molar-refractivity contribution in [1.82, 2.24) is 4.98 Å². The molecule has 0 saturated carbocycles. The number of oxazole rings is 1. The average molecular weight is 567 g/mol. The van der Waals surface area contributed by atoms with Crippen molar-refractivity contribution in [3.8, 4) is 17.2 Å². The van der Waals surface area contributed by atoms with Gasteiger partial charge in [0.05, 0.1) is 11.5 Å². The maximum absolute atomic E-state index is 12.8. The molecule has 5 rings (SSSR count). The van der Waals surface area contributed by atoms with Crippen molar-refractivity contribution in [3.63, 3.8) is 0 Å². The van der Waals surface area contributed by atoms with Crippen LogP contribution in [-0.4, -0.2) is 59.7 Å². The number of benzene rings is 3. The number of hydrogen-bond acceptors (Lipinski definition) is 9. The van der Waals surface area contributed by atoms with Gasteiger partial charge in [0.25, 0.3) is 10.1 Å². The van der Waals surface area contributed by atoms with Gasteiger partial charge in [0.2, 0.25) is 5.89 Å². The van der Waals surface area contributed by atoms with Crippen molar-refractivity contribution in [1.29, 1.82) is 0 Å². The molecule has 0 bridgehead atoms. The molecule has 1 aliphatic heterocycles. The minimum atomic E-state index is -3.96. The molecule has 2 heterocycles. The topological polar surface area (TPSA) is 100 Å². The summed E-state index contributed by atoms with van der Waals surface area (Å²) in [6.45, 7) is 2.34. The second kappa shape index (κ2) is 12.4. The van der Waals surface area contributed by atoms with Crippen LogP contribution in [0.25, 0.3) is 22.6 Å². The van der Waals surface area contributed by atoms with Crippen molar-refractivity contribution in [3.05, 3.63) is 72.3 Å². The third-order valence-electron chi connectivity index (χ3n) is 6.63. The van der Waals surface area contributed by atoms with E-state index in [0.29, 0.717) is 29.3 Å². The maximum Gasteiger partial charge on any atom is 0.297 e. The normalized spacial score (nSPS) is 16.6. The Labute approximate surface area is 234 Å². The van der Waals surface area contributed by atoms with Gasteiger partial charge < -0.3 is 23.5 Å². The van der Waals surface area contributed by atoms with Crippen LogP contribution in [0.3, 0.4) is 0 Å². The Bertz CT molecular complexity index is 1510. The van der Waals surface area contributed by atoms with E-state index in [0.717, 1.165) is 36.1 Å². The molecular formula is C30H34N2O7S. The van der Waals surface area contributed by atoms with Crippen molar-refractivity contribution >= 4 is 26.9 Å². The van der Waals surface area contributed by atoms with E-state index in [1.807, 2.05) is 50.2 Å². The number of aromatic nitrogens is 1. The summed E-state index contributed by atoms with van der Waals surface area (Å²) in [4.78, 5) is 6.75. The predicted molar refractivity (Wildman–Crippen MR) is 152 cm³/mol. The SMILES string of the molecule is Cc1ccc(S(=O)(=O)OC[C@@H](COc2ccc3oc(-c4ccc(N(C)C)cc4)nc3c2)OC2CCCCO2)cc1. The number of hydrogen-bond donors (Lipinski definition) is 0. The molecule has 1 aromatic heterocycles. The Morgan fingerprint density at radius 1 is 1.00 bits per heavy atom. The van der Waals surface area contributed by atoms with Crippen molar-refractivity contribution < 1.29 is 31.2 Å². The van der Waals surface area contributed by atoms with Crippen LogP contribution in [0.4, 0.5) is 5.69 Å². The molecule has 1 saturated heterocycles. The quantitative estimate of drug-likeness (QED) is 0.216. The molecule has 2 atom stereocenters. The molecule has 4 aromatic rings. The number of ether oxygens (including phenoxy) is 3. The van der Waals surface area contributed by atoms with E-state index < -0.39 is 22.5 Å². The van der Waals surface area contributed by atoms with E-state index in [2.05, 4.69) is 4.98 Å². The van der Waals surface area contributed by atoms with E-state index in [1.165, 1.54) is 12.1 Å². The summed E-state index contributed by atoms with van der Waals surface area (Å²) in [6.07, 6.45) is 1.56. The number of nitrogens with zero attached hydrogens (tertiary/aromatic N) is 2. The first kappa shape index (κ1) is 28.1. The van der Waals surface area contributed by atoms with Crippen LogP contribution in [0, 0.1) is 6.92 Å². The molecule has 0 aliphatic carbocycles. The largest absolute Gasteiger partial charge is 0.491 e. The molecule has 0 spiro atoms. The molecular weight excluding hydrogens is 532 g/mol. The fourth-order valence-electron chi connectivity index (χ4n) is 4.31. The highest BCUT2D eigenvalue weighted by Gasteiger charge is 2.24. The molecule has 1 fully saturated rings. The van der Waals surface area contributed by atoms with Gasteiger partial charge in [-0.05, 0) is 74.7 Å². The van der Waals surface area contributed by atoms with E-state index in [4.69, 9.17) is 22.8 Å². The van der Waals surface area contributed by atoms with Crippen molar-refractivity contribution in [2.75, 3.05) is 38.8 Å². The zero-order valence-corrected chi connectivity index (χ0v) is 23.7. The Morgan fingerprint density at radius 3 is 2.48 bits per heavy atom. The molecule has 9 nitrogen and oxygen atoms in total. The van der Waals surface area contributed by atoms with E-state index >= 15 is 0 Å². The second-order valence-electron chi connectivity index (χ2n) is 10.0. The molecule has 0 amide bonds. The smallest absolute Gasteiger partial charge is 0.297 e. The number of aryl methyl sites for hydroxylation is 1. The van der Waals surface area contributed by atoms with Crippen LogP contribution < -0.4 is 9.64 Å². The van der Waals surface area contributed by atoms with Crippen LogP contribution in [0.15, 0.2) is 76.0 Å². The first-order chi connectivity index (χ1) is 19.3. The van der Waals surface area contributed by atoms with Gasteiger partial charge >= 0.3 is 0 Å². The Kier molecular flexibility index (Phi) is 8.70. The predicted octanol–water partition coefficient (Wildman–Crippen LogP) is 5.57. The van der Waals surface area contributed by atoms with Gasteiger partial charge in [-0.2, -0.15) is 8.42 Å². The minimum Gasteiger partial charge on any atom is -0.491 e. The summed E-state index contributed by atoms with van der Waals surface area (Å²) in [6, 6.07) is 19.8. The molecule has 10 heteroatoms. The van der Waals surface area contributed by atoms with Gasteiger partial charge in [0.15, 0.2) is 11.9 Å². The van der Waals surface area contributed by atoms with Gasteiger partial charge in [-0.3, -0.25) is 4.18 Å². The van der Waals surface area contributed by atoms with Gasteiger partial charge in [-0.1, -0.05) is 17.7 Å². The molecule has 40 heavy (non-hydrogen) atoms. The second-order valence-corrected chi connectivity index (χ2v) is 11.6. The zero-order chi connectivity index (χ0) is 28.1. The summed E-state index contributed by atoms with van der Waals surface area (Å²) in [5.74, 6) is 1.07. The summed E-state index contributed by atoms with van der Waals surface area (Å²) in [5, 5.41) is 0. The fourth-order valence-corrected chi connectivity index (χ4v) is 5.25. The standard InChI is InChI=1S/C30H34N2O7S/c1-21-7-14-26(15-8-21)40(33,34)37-20-25(38-29-6-4-5-17-35-29)19-36-24-13-16-28-27(18-24)31-30(39-28)22-9-11-23(12-10-22)32(2)3/h7-16,18,25,29H,4-6,17,19-20H2,1-3H3/t25-,29?/m1/s1. The first-order valence-electron chi connectivity index (χ1n) is 13.3. The van der Waals surface area contributed by atoms with Crippen LogP contribution in [0.5, 0.6) is 5.75 Å². The fraction of sp³-hybridized carbons (Fsp3) is 0.367. The molecule has 1 unspecified atom stereocenters. The van der Waals surface area contributed by atoms with Crippen LogP contribution in [0.1, 0.15) is 24.8 Å². The minimum absolute atomic E-state index is 0.0610. The summed E-state index contributed by atoms with van der Waals surface area (Å²) in [5.41, 5.74) is 4.20. The molecule has 0 radical (unpaired) electrons. The lowest BCUT2D eigenvalue weighted by Gasteiger charge is -2.27. The molecule has 212 valence electrons. The lowest BCUT2D eigenvalue weighted by atomic mass is 10.2. The first-order valence-corrected chi connectivity index (χ1v) is 14.7. The third-order valence-corrected chi connectivity index (χ3v) is 7.92. The lowest BCUT2D eigenvalue weighted by Crippen LogP contribution is -2.35. The Morgan fingerprint density at radius 2 is 1.77 bits per heavy atom. The van der Waals surface area contributed by atoms with Gasteiger partial charge in [-0.15, -0.1) is 0 Å². The summed E-state index contributed by atoms with van der Waals surface area (Å²) in [7, 11) is 0.0206. The van der Waals surface area contributed by atoms with Crippen LogP contribution >= 0.6 is 0 Å².